The second-order valence-corrected chi connectivity index (χ2v) is 4.67. The van der Waals surface area contributed by atoms with E-state index >= 15 is 0 Å². The summed E-state index contributed by atoms with van der Waals surface area (Å²) < 4.78 is 0. The van der Waals surface area contributed by atoms with Gasteiger partial charge in [0.2, 0.25) is 5.28 Å². The van der Waals surface area contributed by atoms with E-state index in [0.29, 0.717) is 21.9 Å². The number of hydrazone groups is 1. The third-order valence-corrected chi connectivity index (χ3v) is 2.96. The van der Waals surface area contributed by atoms with Crippen molar-refractivity contribution >= 4 is 46.3 Å². The number of fused-ring (bicyclic) bond motifs is 1. The van der Waals surface area contributed by atoms with Gasteiger partial charge in [0.15, 0.2) is 11.5 Å². The molecule has 0 saturated heterocycles. The number of rotatable bonds is 3. The van der Waals surface area contributed by atoms with E-state index in [0.717, 1.165) is 5.56 Å². The minimum atomic E-state index is 0.117. The SMILES string of the molecule is Clc1ccc(C=NNc2nc(Cl)nc3[nH]ncc23)cc1. The first-order valence-electron chi connectivity index (χ1n) is 5.63. The zero-order valence-electron chi connectivity index (χ0n) is 10.0. The van der Waals surface area contributed by atoms with Crippen LogP contribution in [-0.2, 0) is 0 Å². The molecule has 0 radical (unpaired) electrons. The molecule has 0 amide bonds. The minimum Gasteiger partial charge on any atom is -0.261 e. The maximum atomic E-state index is 5.82. The third kappa shape index (κ3) is 2.71. The lowest BCUT2D eigenvalue weighted by Gasteiger charge is -2.01. The molecule has 8 heteroatoms. The molecule has 0 atom stereocenters. The molecule has 3 rings (SSSR count). The number of nitrogens with zero attached hydrogens (tertiary/aromatic N) is 4. The van der Waals surface area contributed by atoms with Crippen molar-refractivity contribution in [2.45, 2.75) is 0 Å². The predicted molar refractivity (Wildman–Crippen MR) is 79.4 cm³/mol. The fourth-order valence-corrected chi connectivity index (χ4v) is 1.90. The normalized spacial score (nSPS) is 11.3. The zero-order valence-corrected chi connectivity index (χ0v) is 11.5. The van der Waals surface area contributed by atoms with Crippen LogP contribution in [-0.4, -0.2) is 26.4 Å². The Labute approximate surface area is 123 Å². The number of nitrogens with one attached hydrogen (secondary N) is 2. The Kier molecular flexibility index (Phi) is 3.49. The molecule has 0 aliphatic carbocycles. The summed E-state index contributed by atoms with van der Waals surface area (Å²) in [5, 5.41) is 12.2. The van der Waals surface area contributed by atoms with Gasteiger partial charge in [-0.05, 0) is 29.3 Å². The quantitative estimate of drug-likeness (QED) is 0.443. The van der Waals surface area contributed by atoms with E-state index in [1.807, 2.05) is 12.1 Å². The zero-order chi connectivity index (χ0) is 13.9. The van der Waals surface area contributed by atoms with Crippen LogP contribution in [0, 0.1) is 0 Å². The van der Waals surface area contributed by atoms with Gasteiger partial charge < -0.3 is 0 Å². The maximum Gasteiger partial charge on any atom is 0.226 e. The number of aromatic nitrogens is 4. The Morgan fingerprint density at radius 2 is 1.95 bits per heavy atom. The van der Waals surface area contributed by atoms with Gasteiger partial charge in [-0.2, -0.15) is 20.2 Å². The molecule has 1 aromatic carbocycles. The highest BCUT2D eigenvalue weighted by atomic mass is 35.5. The van der Waals surface area contributed by atoms with Gasteiger partial charge in [0.25, 0.3) is 0 Å². The van der Waals surface area contributed by atoms with Crippen molar-refractivity contribution in [3.8, 4) is 0 Å². The lowest BCUT2D eigenvalue weighted by atomic mass is 10.2. The van der Waals surface area contributed by atoms with Gasteiger partial charge in [0.05, 0.1) is 17.8 Å². The standard InChI is InChI=1S/C12H8Cl2N6/c13-8-3-1-7(2-4-8)5-15-19-10-9-6-16-20-11(9)18-12(14)17-10/h1-6H,(H2,16,17,18,19,20). The van der Waals surface area contributed by atoms with Crippen molar-refractivity contribution in [3.05, 3.63) is 46.3 Å². The first kappa shape index (κ1) is 12.8. The van der Waals surface area contributed by atoms with Crippen LogP contribution in [0.25, 0.3) is 11.0 Å². The number of H-pyrrole nitrogens is 1. The van der Waals surface area contributed by atoms with E-state index in [2.05, 4.69) is 30.7 Å². The summed E-state index contributed by atoms with van der Waals surface area (Å²) >= 11 is 11.6. The molecule has 0 saturated carbocycles. The third-order valence-electron chi connectivity index (χ3n) is 2.54. The highest BCUT2D eigenvalue weighted by Gasteiger charge is 2.07. The van der Waals surface area contributed by atoms with E-state index in [-0.39, 0.29) is 5.28 Å². The Bertz CT molecular complexity index is 765. The van der Waals surface area contributed by atoms with Crippen LogP contribution in [0.15, 0.2) is 35.6 Å². The van der Waals surface area contributed by atoms with E-state index in [1.165, 1.54) is 0 Å². The summed E-state index contributed by atoms with van der Waals surface area (Å²) in [7, 11) is 0. The number of aromatic amines is 1. The summed E-state index contributed by atoms with van der Waals surface area (Å²) in [6, 6.07) is 7.29. The van der Waals surface area contributed by atoms with Crippen LogP contribution >= 0.6 is 23.2 Å². The van der Waals surface area contributed by atoms with E-state index in [4.69, 9.17) is 23.2 Å². The topological polar surface area (TPSA) is 78.9 Å². The monoisotopic (exact) mass is 306 g/mol. The summed E-state index contributed by atoms with van der Waals surface area (Å²) in [4.78, 5) is 8.07. The molecule has 20 heavy (non-hydrogen) atoms. The van der Waals surface area contributed by atoms with Crippen molar-refractivity contribution in [2.75, 3.05) is 5.43 Å². The van der Waals surface area contributed by atoms with Crippen molar-refractivity contribution in [1.82, 2.24) is 20.2 Å². The van der Waals surface area contributed by atoms with Crippen molar-refractivity contribution in [3.63, 3.8) is 0 Å². The summed E-state index contributed by atoms with van der Waals surface area (Å²) in [6.45, 7) is 0. The molecule has 0 spiro atoms. The minimum absolute atomic E-state index is 0.117. The van der Waals surface area contributed by atoms with E-state index in [1.54, 1.807) is 24.5 Å². The second kappa shape index (κ2) is 5.44. The Hall–Kier alpha value is -2.18. The highest BCUT2D eigenvalue weighted by molar-refractivity contribution is 6.30. The molecule has 0 bridgehead atoms. The van der Waals surface area contributed by atoms with Crippen molar-refractivity contribution < 1.29 is 0 Å². The largest absolute Gasteiger partial charge is 0.261 e. The lowest BCUT2D eigenvalue weighted by molar-refractivity contribution is 1.09. The molecule has 0 aliphatic rings. The molecule has 2 aromatic heterocycles. The average Bonchev–Trinajstić information content (AvgIpc) is 2.89. The number of hydrogen-bond donors (Lipinski definition) is 2. The Balaban J connectivity index is 1.83. The average molecular weight is 307 g/mol. The highest BCUT2D eigenvalue weighted by Crippen LogP contribution is 2.19. The smallest absolute Gasteiger partial charge is 0.226 e. The first-order chi connectivity index (χ1) is 9.72. The fraction of sp³-hybridized carbons (Fsp3) is 0. The molecule has 0 fully saturated rings. The molecule has 0 unspecified atom stereocenters. The van der Waals surface area contributed by atoms with Gasteiger partial charge in [0.1, 0.15) is 0 Å². The van der Waals surface area contributed by atoms with Gasteiger partial charge in [0, 0.05) is 5.02 Å². The molecular weight excluding hydrogens is 299 g/mol. The van der Waals surface area contributed by atoms with Crippen LogP contribution in [0.5, 0.6) is 0 Å². The molecule has 0 aliphatic heterocycles. The summed E-state index contributed by atoms with van der Waals surface area (Å²) in [5.41, 5.74) is 4.28. The molecule has 2 heterocycles. The predicted octanol–water partition coefficient (Wildman–Crippen LogP) is 3.11. The van der Waals surface area contributed by atoms with Gasteiger partial charge in [-0.3, -0.25) is 10.5 Å². The van der Waals surface area contributed by atoms with E-state index in [9.17, 15) is 0 Å². The summed E-state index contributed by atoms with van der Waals surface area (Å²) in [6.07, 6.45) is 3.25. The number of hydrogen-bond acceptors (Lipinski definition) is 5. The van der Waals surface area contributed by atoms with E-state index < -0.39 is 0 Å². The van der Waals surface area contributed by atoms with Crippen LogP contribution in [0.4, 0.5) is 5.82 Å². The van der Waals surface area contributed by atoms with Gasteiger partial charge >= 0.3 is 0 Å². The number of halogens is 2. The fourth-order valence-electron chi connectivity index (χ4n) is 1.61. The number of benzene rings is 1. The second-order valence-electron chi connectivity index (χ2n) is 3.90. The molecule has 6 nitrogen and oxygen atoms in total. The lowest BCUT2D eigenvalue weighted by Crippen LogP contribution is -1.96. The Morgan fingerprint density at radius 3 is 2.75 bits per heavy atom. The van der Waals surface area contributed by atoms with Crippen LogP contribution < -0.4 is 5.43 Å². The Morgan fingerprint density at radius 1 is 1.15 bits per heavy atom. The van der Waals surface area contributed by atoms with Crippen LogP contribution in [0.2, 0.25) is 10.3 Å². The van der Waals surface area contributed by atoms with Crippen LogP contribution in [0.3, 0.4) is 0 Å². The van der Waals surface area contributed by atoms with Gasteiger partial charge in [-0.1, -0.05) is 23.7 Å². The molecule has 3 aromatic rings. The first-order valence-corrected chi connectivity index (χ1v) is 6.39. The summed E-state index contributed by atoms with van der Waals surface area (Å²) in [5.74, 6) is 0.485. The van der Waals surface area contributed by atoms with Gasteiger partial charge in [-0.15, -0.1) is 0 Å². The van der Waals surface area contributed by atoms with Crippen molar-refractivity contribution in [2.24, 2.45) is 5.10 Å². The van der Waals surface area contributed by atoms with Crippen LogP contribution in [0.1, 0.15) is 5.56 Å². The van der Waals surface area contributed by atoms with Gasteiger partial charge in [-0.25, -0.2) is 0 Å². The maximum absolute atomic E-state index is 5.82. The molecular formula is C12H8Cl2N6. The molecule has 100 valence electrons. The number of anilines is 1. The molecule has 2 N–H and O–H groups in total. The van der Waals surface area contributed by atoms with Crippen molar-refractivity contribution in [1.29, 1.82) is 0 Å².